The molecule has 0 aliphatic heterocycles. The van der Waals surface area contributed by atoms with Gasteiger partial charge in [-0.25, -0.2) is 4.98 Å². The average molecular weight is 235 g/mol. The molecule has 0 radical (unpaired) electrons. The van der Waals surface area contributed by atoms with Crippen LogP contribution >= 0.6 is 0 Å². The molecule has 0 unspecified atom stereocenters. The van der Waals surface area contributed by atoms with E-state index in [1.807, 2.05) is 6.20 Å². The first-order valence-corrected chi connectivity index (χ1v) is 6.65. The lowest BCUT2D eigenvalue weighted by Crippen LogP contribution is -2.29. The maximum absolute atomic E-state index is 5.58. The number of anilines is 1. The Morgan fingerprint density at radius 3 is 2.35 bits per heavy atom. The van der Waals surface area contributed by atoms with Crippen molar-refractivity contribution in [3.8, 4) is 0 Å². The maximum atomic E-state index is 5.58. The fraction of sp³-hybridized carbons (Fsp3) is 0.643. The Bertz CT molecular complexity index is 304. The van der Waals surface area contributed by atoms with Crippen LogP contribution in [0, 0.1) is 5.92 Å². The van der Waals surface area contributed by atoms with Crippen LogP contribution in [0.25, 0.3) is 0 Å². The topological polar surface area (TPSA) is 42.1 Å². The van der Waals surface area contributed by atoms with Gasteiger partial charge >= 0.3 is 0 Å². The molecule has 0 saturated heterocycles. The molecule has 0 spiro atoms. The van der Waals surface area contributed by atoms with E-state index in [1.54, 1.807) is 0 Å². The van der Waals surface area contributed by atoms with E-state index >= 15 is 0 Å². The molecule has 3 nitrogen and oxygen atoms in total. The van der Waals surface area contributed by atoms with Crippen molar-refractivity contribution in [1.82, 2.24) is 4.98 Å². The van der Waals surface area contributed by atoms with Crippen molar-refractivity contribution in [2.24, 2.45) is 11.7 Å². The largest absolute Gasteiger partial charge is 0.357 e. The van der Waals surface area contributed by atoms with Crippen molar-refractivity contribution in [3.05, 3.63) is 23.9 Å². The molecule has 0 aliphatic rings. The van der Waals surface area contributed by atoms with Gasteiger partial charge in [-0.05, 0) is 24.5 Å². The van der Waals surface area contributed by atoms with Crippen LogP contribution in [0.5, 0.6) is 0 Å². The summed E-state index contributed by atoms with van der Waals surface area (Å²) in [5.74, 6) is 1.82. The second-order valence-electron chi connectivity index (χ2n) is 4.45. The normalized spacial score (nSPS) is 10.9. The number of hydrogen-bond acceptors (Lipinski definition) is 3. The molecule has 1 aromatic rings. The second kappa shape index (κ2) is 7.28. The first kappa shape index (κ1) is 14.0. The summed E-state index contributed by atoms with van der Waals surface area (Å²) in [4.78, 5) is 6.83. The number of aromatic nitrogens is 1. The van der Waals surface area contributed by atoms with Crippen LogP contribution in [0.15, 0.2) is 18.3 Å². The predicted octanol–water partition coefficient (Wildman–Crippen LogP) is 2.80. The summed E-state index contributed by atoms with van der Waals surface area (Å²) in [6, 6.07) is 4.14. The van der Waals surface area contributed by atoms with Gasteiger partial charge in [0.25, 0.3) is 0 Å². The lowest BCUT2D eigenvalue weighted by atomic mass is 10.0. The standard InChI is InChI=1S/C14H25N3/c1-4-12(5-2)11-17(6-3)14-8-7-13(9-15)10-16-14/h7-8,10,12H,4-6,9,11,15H2,1-3H3. The highest BCUT2D eigenvalue weighted by molar-refractivity contribution is 5.39. The minimum Gasteiger partial charge on any atom is -0.357 e. The average Bonchev–Trinajstić information content (AvgIpc) is 2.40. The monoisotopic (exact) mass is 235 g/mol. The molecular weight excluding hydrogens is 210 g/mol. The maximum Gasteiger partial charge on any atom is 0.128 e. The van der Waals surface area contributed by atoms with Crippen LogP contribution in [0.1, 0.15) is 39.2 Å². The summed E-state index contributed by atoms with van der Waals surface area (Å²) in [6.07, 6.45) is 4.34. The molecule has 1 rings (SSSR count). The summed E-state index contributed by atoms with van der Waals surface area (Å²) in [5, 5.41) is 0. The van der Waals surface area contributed by atoms with Crippen LogP contribution in [0.3, 0.4) is 0 Å². The Balaban J connectivity index is 2.71. The van der Waals surface area contributed by atoms with Crippen molar-refractivity contribution >= 4 is 5.82 Å². The van der Waals surface area contributed by atoms with Crippen LogP contribution < -0.4 is 10.6 Å². The lowest BCUT2D eigenvalue weighted by molar-refractivity contribution is 0.484. The summed E-state index contributed by atoms with van der Waals surface area (Å²) in [6.45, 7) is 9.36. The Hall–Kier alpha value is -1.09. The fourth-order valence-electron chi connectivity index (χ4n) is 1.97. The third-order valence-corrected chi connectivity index (χ3v) is 3.38. The van der Waals surface area contributed by atoms with Crippen LogP contribution in [-0.2, 0) is 6.54 Å². The zero-order valence-corrected chi connectivity index (χ0v) is 11.3. The second-order valence-corrected chi connectivity index (χ2v) is 4.45. The number of nitrogens with zero attached hydrogens (tertiary/aromatic N) is 2. The van der Waals surface area contributed by atoms with E-state index in [0.29, 0.717) is 6.54 Å². The molecular formula is C14H25N3. The van der Waals surface area contributed by atoms with Gasteiger partial charge in [0.05, 0.1) is 0 Å². The zero-order chi connectivity index (χ0) is 12.7. The highest BCUT2D eigenvalue weighted by atomic mass is 15.2. The Morgan fingerprint density at radius 1 is 1.24 bits per heavy atom. The highest BCUT2D eigenvalue weighted by Crippen LogP contribution is 2.16. The molecule has 0 fully saturated rings. The number of pyridine rings is 1. The van der Waals surface area contributed by atoms with Gasteiger partial charge in [0.2, 0.25) is 0 Å². The highest BCUT2D eigenvalue weighted by Gasteiger charge is 2.11. The van der Waals surface area contributed by atoms with E-state index in [-0.39, 0.29) is 0 Å². The zero-order valence-electron chi connectivity index (χ0n) is 11.3. The fourth-order valence-corrected chi connectivity index (χ4v) is 1.97. The summed E-state index contributed by atoms with van der Waals surface area (Å²) in [7, 11) is 0. The van der Waals surface area contributed by atoms with Gasteiger partial charge in [0, 0.05) is 25.8 Å². The van der Waals surface area contributed by atoms with Crippen molar-refractivity contribution in [3.63, 3.8) is 0 Å². The third-order valence-electron chi connectivity index (χ3n) is 3.38. The predicted molar refractivity (Wildman–Crippen MR) is 74.1 cm³/mol. The number of hydrogen-bond donors (Lipinski definition) is 1. The molecule has 2 N–H and O–H groups in total. The minimum atomic E-state index is 0.561. The number of rotatable bonds is 7. The van der Waals surface area contributed by atoms with E-state index < -0.39 is 0 Å². The van der Waals surface area contributed by atoms with Gasteiger partial charge in [-0.2, -0.15) is 0 Å². The van der Waals surface area contributed by atoms with Crippen LogP contribution in [0.2, 0.25) is 0 Å². The molecule has 0 atom stereocenters. The molecule has 0 aliphatic carbocycles. The summed E-state index contributed by atoms with van der Waals surface area (Å²) < 4.78 is 0. The van der Waals surface area contributed by atoms with E-state index in [2.05, 4.69) is 42.8 Å². The first-order valence-electron chi connectivity index (χ1n) is 6.65. The third kappa shape index (κ3) is 4.00. The quantitative estimate of drug-likeness (QED) is 0.790. The van der Waals surface area contributed by atoms with Crippen molar-refractivity contribution < 1.29 is 0 Å². The SMILES string of the molecule is CCC(CC)CN(CC)c1ccc(CN)cn1. The molecule has 96 valence electrons. The van der Waals surface area contributed by atoms with Gasteiger partial charge in [0.15, 0.2) is 0 Å². The van der Waals surface area contributed by atoms with E-state index in [0.717, 1.165) is 30.4 Å². The van der Waals surface area contributed by atoms with E-state index in [4.69, 9.17) is 5.73 Å². The molecule has 1 aromatic heterocycles. The van der Waals surface area contributed by atoms with Gasteiger partial charge in [-0.3, -0.25) is 0 Å². The lowest BCUT2D eigenvalue weighted by Gasteiger charge is -2.26. The molecule has 0 bridgehead atoms. The van der Waals surface area contributed by atoms with Gasteiger partial charge in [-0.1, -0.05) is 32.8 Å². The summed E-state index contributed by atoms with van der Waals surface area (Å²) in [5.41, 5.74) is 6.67. The van der Waals surface area contributed by atoms with Crippen molar-refractivity contribution in [1.29, 1.82) is 0 Å². The minimum absolute atomic E-state index is 0.561. The van der Waals surface area contributed by atoms with E-state index in [1.165, 1.54) is 12.8 Å². The smallest absolute Gasteiger partial charge is 0.128 e. The summed E-state index contributed by atoms with van der Waals surface area (Å²) >= 11 is 0. The van der Waals surface area contributed by atoms with Gasteiger partial charge < -0.3 is 10.6 Å². The molecule has 3 heteroatoms. The Kier molecular flexibility index (Phi) is 5.98. The van der Waals surface area contributed by atoms with Crippen LogP contribution in [-0.4, -0.2) is 18.1 Å². The molecule has 0 amide bonds. The van der Waals surface area contributed by atoms with Crippen LogP contribution in [0.4, 0.5) is 5.82 Å². The van der Waals surface area contributed by atoms with Gasteiger partial charge in [-0.15, -0.1) is 0 Å². The molecule has 0 aromatic carbocycles. The van der Waals surface area contributed by atoms with Gasteiger partial charge in [0.1, 0.15) is 5.82 Å². The Labute approximate surface area is 105 Å². The van der Waals surface area contributed by atoms with E-state index in [9.17, 15) is 0 Å². The van der Waals surface area contributed by atoms with Crippen molar-refractivity contribution in [2.75, 3.05) is 18.0 Å². The first-order chi connectivity index (χ1) is 8.24. The number of nitrogens with two attached hydrogens (primary N) is 1. The molecule has 0 saturated carbocycles. The molecule has 1 heterocycles. The Morgan fingerprint density at radius 2 is 1.94 bits per heavy atom. The molecule has 17 heavy (non-hydrogen) atoms. The van der Waals surface area contributed by atoms with Crippen molar-refractivity contribution in [2.45, 2.75) is 40.2 Å².